The molecule has 0 aromatic carbocycles. The second-order valence-electron chi connectivity index (χ2n) is 6.28. The highest BCUT2D eigenvalue weighted by atomic mass is 15.3. The van der Waals surface area contributed by atoms with Gasteiger partial charge in [0.1, 0.15) is 0 Å². The van der Waals surface area contributed by atoms with Crippen molar-refractivity contribution in [3.8, 4) is 0 Å². The average Bonchev–Trinajstić information content (AvgIpc) is 3.22. The van der Waals surface area contributed by atoms with Gasteiger partial charge in [-0.3, -0.25) is 9.67 Å². The van der Waals surface area contributed by atoms with Crippen LogP contribution < -0.4 is 11.1 Å². The van der Waals surface area contributed by atoms with Crippen LogP contribution in [0.4, 0.5) is 11.4 Å². The van der Waals surface area contributed by atoms with E-state index in [1.807, 2.05) is 18.3 Å². The fraction of sp³-hybridized carbons (Fsp3) is 0.500. The number of hydrogen-bond donors (Lipinski definition) is 2. The van der Waals surface area contributed by atoms with E-state index in [4.69, 9.17) is 10.8 Å². The standard InChI is InChI=1S/C16H21N5/c17-8-11-6-14(7-11)21-10-15(16(20-21)12-3-4-12)19-13-2-1-5-18-9-13/h1-2,5,9-12,14,19H,3-4,6-8,17H2. The molecule has 2 aromatic heterocycles. The third kappa shape index (κ3) is 2.53. The average molecular weight is 283 g/mol. The maximum Gasteiger partial charge on any atom is 0.0890 e. The lowest BCUT2D eigenvalue weighted by molar-refractivity contribution is 0.189. The second kappa shape index (κ2) is 5.15. The van der Waals surface area contributed by atoms with Gasteiger partial charge in [0.15, 0.2) is 0 Å². The van der Waals surface area contributed by atoms with Gasteiger partial charge in [-0.1, -0.05) is 0 Å². The quantitative estimate of drug-likeness (QED) is 0.885. The monoisotopic (exact) mass is 283 g/mol. The van der Waals surface area contributed by atoms with Crippen LogP contribution in [0.3, 0.4) is 0 Å². The predicted molar refractivity (Wildman–Crippen MR) is 82.5 cm³/mol. The Kier molecular flexibility index (Phi) is 3.15. The van der Waals surface area contributed by atoms with Crippen LogP contribution in [0.25, 0.3) is 0 Å². The number of hydrogen-bond acceptors (Lipinski definition) is 4. The van der Waals surface area contributed by atoms with E-state index in [0.717, 1.165) is 30.8 Å². The van der Waals surface area contributed by atoms with Gasteiger partial charge in [0.25, 0.3) is 0 Å². The molecule has 0 bridgehead atoms. The van der Waals surface area contributed by atoms with Crippen molar-refractivity contribution >= 4 is 11.4 Å². The van der Waals surface area contributed by atoms with Crippen molar-refractivity contribution in [1.29, 1.82) is 0 Å². The molecule has 2 saturated carbocycles. The van der Waals surface area contributed by atoms with Gasteiger partial charge >= 0.3 is 0 Å². The summed E-state index contributed by atoms with van der Waals surface area (Å²) >= 11 is 0. The molecule has 0 spiro atoms. The topological polar surface area (TPSA) is 68.8 Å². The van der Waals surface area contributed by atoms with Crippen LogP contribution in [0.2, 0.25) is 0 Å². The van der Waals surface area contributed by atoms with Gasteiger partial charge in [0.2, 0.25) is 0 Å². The molecular weight excluding hydrogens is 262 g/mol. The van der Waals surface area contributed by atoms with E-state index in [-0.39, 0.29) is 0 Å². The lowest BCUT2D eigenvalue weighted by atomic mass is 9.80. The summed E-state index contributed by atoms with van der Waals surface area (Å²) in [6.45, 7) is 0.800. The Morgan fingerprint density at radius 1 is 1.33 bits per heavy atom. The number of pyridine rings is 1. The highest BCUT2D eigenvalue weighted by molar-refractivity contribution is 5.61. The Labute approximate surface area is 124 Å². The number of nitrogens with zero attached hydrogens (tertiary/aromatic N) is 3. The van der Waals surface area contributed by atoms with Crippen LogP contribution in [0, 0.1) is 5.92 Å². The summed E-state index contributed by atoms with van der Waals surface area (Å²) in [5.41, 5.74) is 9.10. The molecule has 5 heteroatoms. The van der Waals surface area contributed by atoms with E-state index in [0.29, 0.717) is 17.9 Å². The Hall–Kier alpha value is -1.88. The minimum Gasteiger partial charge on any atom is -0.351 e. The molecule has 2 aliphatic rings. The van der Waals surface area contributed by atoms with Gasteiger partial charge in [0.05, 0.1) is 29.3 Å². The van der Waals surface area contributed by atoms with Crippen LogP contribution in [-0.2, 0) is 0 Å². The minimum absolute atomic E-state index is 0.528. The smallest absolute Gasteiger partial charge is 0.0890 e. The van der Waals surface area contributed by atoms with Gasteiger partial charge in [-0.15, -0.1) is 0 Å². The van der Waals surface area contributed by atoms with Crippen molar-refractivity contribution in [1.82, 2.24) is 14.8 Å². The Balaban J connectivity index is 1.56. The first-order valence-electron chi connectivity index (χ1n) is 7.79. The molecule has 0 saturated heterocycles. The van der Waals surface area contributed by atoms with Gasteiger partial charge in [-0.25, -0.2) is 0 Å². The second-order valence-corrected chi connectivity index (χ2v) is 6.28. The van der Waals surface area contributed by atoms with E-state index in [9.17, 15) is 0 Å². The molecular formula is C16H21N5. The summed E-state index contributed by atoms with van der Waals surface area (Å²) in [5, 5.41) is 8.32. The summed E-state index contributed by atoms with van der Waals surface area (Å²) in [6.07, 6.45) is 10.6. The Bertz CT molecular complexity index is 611. The molecule has 0 atom stereocenters. The first-order valence-corrected chi connectivity index (χ1v) is 7.79. The summed E-state index contributed by atoms with van der Waals surface area (Å²) < 4.78 is 2.15. The van der Waals surface area contributed by atoms with E-state index in [1.54, 1.807) is 6.20 Å². The number of rotatable bonds is 5. The molecule has 4 rings (SSSR count). The first kappa shape index (κ1) is 12.8. The van der Waals surface area contributed by atoms with E-state index in [1.165, 1.54) is 18.5 Å². The molecule has 0 radical (unpaired) electrons. The summed E-state index contributed by atoms with van der Waals surface area (Å²) in [6, 6.07) is 4.51. The van der Waals surface area contributed by atoms with Crippen LogP contribution in [0.5, 0.6) is 0 Å². The summed E-state index contributed by atoms with van der Waals surface area (Å²) in [5.74, 6) is 1.31. The lowest BCUT2D eigenvalue weighted by Crippen LogP contribution is -2.32. The van der Waals surface area contributed by atoms with E-state index >= 15 is 0 Å². The third-order valence-electron chi connectivity index (χ3n) is 4.58. The van der Waals surface area contributed by atoms with Crippen LogP contribution in [0.1, 0.15) is 43.3 Å². The fourth-order valence-electron chi connectivity index (χ4n) is 3.05. The van der Waals surface area contributed by atoms with Crippen LogP contribution in [0.15, 0.2) is 30.7 Å². The van der Waals surface area contributed by atoms with Crippen LogP contribution in [-0.4, -0.2) is 21.3 Å². The maximum absolute atomic E-state index is 5.72. The molecule has 2 aromatic rings. The third-order valence-corrected chi connectivity index (χ3v) is 4.58. The van der Waals surface area contributed by atoms with Gasteiger partial charge in [-0.05, 0) is 50.3 Å². The van der Waals surface area contributed by atoms with Crippen molar-refractivity contribution in [2.45, 2.75) is 37.6 Å². The van der Waals surface area contributed by atoms with Gasteiger partial charge < -0.3 is 11.1 Å². The summed E-state index contributed by atoms with van der Waals surface area (Å²) in [4.78, 5) is 4.16. The fourth-order valence-corrected chi connectivity index (χ4v) is 3.05. The number of nitrogens with one attached hydrogen (secondary N) is 1. The molecule has 2 fully saturated rings. The highest BCUT2D eigenvalue weighted by Crippen LogP contribution is 2.45. The van der Waals surface area contributed by atoms with Gasteiger partial charge in [-0.2, -0.15) is 5.10 Å². The Morgan fingerprint density at radius 2 is 2.19 bits per heavy atom. The number of nitrogens with two attached hydrogens (primary N) is 1. The SMILES string of the molecule is NCC1CC(n2cc(Nc3cccnc3)c(C3CC3)n2)C1. The first-order chi connectivity index (χ1) is 10.3. The lowest BCUT2D eigenvalue weighted by Gasteiger charge is -2.34. The normalized spacial score (nSPS) is 24.6. The van der Waals surface area contributed by atoms with Crippen molar-refractivity contribution < 1.29 is 0 Å². The molecule has 0 unspecified atom stereocenters. The zero-order valence-corrected chi connectivity index (χ0v) is 12.1. The van der Waals surface area contributed by atoms with Crippen molar-refractivity contribution in [2.24, 2.45) is 11.7 Å². The van der Waals surface area contributed by atoms with E-state index in [2.05, 4.69) is 21.2 Å². The number of aromatic nitrogens is 3. The summed E-state index contributed by atoms with van der Waals surface area (Å²) in [7, 11) is 0. The molecule has 0 amide bonds. The molecule has 5 nitrogen and oxygen atoms in total. The van der Waals surface area contributed by atoms with Crippen molar-refractivity contribution in [2.75, 3.05) is 11.9 Å². The molecule has 110 valence electrons. The van der Waals surface area contributed by atoms with Crippen molar-refractivity contribution in [3.05, 3.63) is 36.4 Å². The minimum atomic E-state index is 0.528. The molecule has 2 heterocycles. The largest absolute Gasteiger partial charge is 0.351 e. The predicted octanol–water partition coefficient (Wildman–Crippen LogP) is 2.81. The highest BCUT2D eigenvalue weighted by Gasteiger charge is 2.34. The van der Waals surface area contributed by atoms with Crippen molar-refractivity contribution in [3.63, 3.8) is 0 Å². The Morgan fingerprint density at radius 3 is 2.86 bits per heavy atom. The van der Waals surface area contributed by atoms with Crippen LogP contribution >= 0.6 is 0 Å². The molecule has 21 heavy (non-hydrogen) atoms. The maximum atomic E-state index is 5.72. The zero-order chi connectivity index (χ0) is 14.2. The van der Waals surface area contributed by atoms with Gasteiger partial charge in [0, 0.05) is 18.3 Å². The zero-order valence-electron chi connectivity index (χ0n) is 12.1. The van der Waals surface area contributed by atoms with E-state index < -0.39 is 0 Å². The molecule has 3 N–H and O–H groups in total. The molecule has 2 aliphatic carbocycles. The number of anilines is 2. The molecule has 0 aliphatic heterocycles.